The molecule has 1 aromatic rings. The second-order valence-corrected chi connectivity index (χ2v) is 10.2. The van der Waals surface area contributed by atoms with Crippen molar-refractivity contribution in [1.82, 2.24) is 14.5 Å². The number of anilines is 1. The van der Waals surface area contributed by atoms with Gasteiger partial charge in [0.2, 0.25) is 6.41 Å². The number of allylic oxidation sites excluding steroid dienone is 3. The number of nitrogens with zero attached hydrogens (tertiary/aromatic N) is 3. The van der Waals surface area contributed by atoms with Crippen LogP contribution in [0.3, 0.4) is 0 Å². The highest BCUT2D eigenvalue weighted by atomic mass is 32.2. The van der Waals surface area contributed by atoms with E-state index in [1.165, 1.54) is 18.4 Å². The number of carbonyl (C=O) groups excluding carboxylic acids is 1. The molecule has 1 aromatic carbocycles. The quantitative estimate of drug-likeness (QED) is 0.283. The molecule has 1 aliphatic carbocycles. The van der Waals surface area contributed by atoms with E-state index in [1.807, 2.05) is 58.8 Å². The molecular formula is C32H55FN4OS. The number of piperazine rings is 1. The molecule has 1 amide bonds. The molecular weight excluding hydrogens is 507 g/mol. The van der Waals surface area contributed by atoms with Crippen molar-refractivity contribution in [2.24, 2.45) is 0 Å². The van der Waals surface area contributed by atoms with Crippen LogP contribution in [0.2, 0.25) is 0 Å². The molecule has 0 aromatic heterocycles. The zero-order valence-electron chi connectivity index (χ0n) is 25.7. The summed E-state index contributed by atoms with van der Waals surface area (Å²) >= 11 is 1.87. The molecule has 2 saturated heterocycles. The Balaban J connectivity index is 0.00000115. The van der Waals surface area contributed by atoms with Gasteiger partial charge in [0.15, 0.2) is 0 Å². The smallest absolute Gasteiger partial charge is 0.209 e. The summed E-state index contributed by atoms with van der Waals surface area (Å²) < 4.78 is 17.1. The van der Waals surface area contributed by atoms with Gasteiger partial charge in [0.25, 0.3) is 0 Å². The van der Waals surface area contributed by atoms with Crippen LogP contribution in [0.15, 0.2) is 54.8 Å². The second kappa shape index (κ2) is 23.6. The summed E-state index contributed by atoms with van der Waals surface area (Å²) in [6, 6.07) is 5.61. The molecule has 1 atom stereocenters. The van der Waals surface area contributed by atoms with Crippen molar-refractivity contribution in [1.29, 1.82) is 0 Å². The molecule has 0 bridgehead atoms. The Labute approximate surface area is 243 Å². The number of carbonyl (C=O) groups is 1. The van der Waals surface area contributed by atoms with Crippen molar-refractivity contribution in [3.63, 3.8) is 0 Å². The van der Waals surface area contributed by atoms with Crippen molar-refractivity contribution in [3.8, 4) is 0 Å². The van der Waals surface area contributed by atoms with Crippen LogP contribution in [0.1, 0.15) is 79.2 Å². The van der Waals surface area contributed by atoms with Gasteiger partial charge in [-0.3, -0.25) is 4.79 Å². The third-order valence-corrected chi connectivity index (χ3v) is 7.33. The Morgan fingerprint density at radius 3 is 2.23 bits per heavy atom. The van der Waals surface area contributed by atoms with Gasteiger partial charge in [-0.15, -0.1) is 0 Å². The number of benzene rings is 1. The van der Waals surface area contributed by atoms with Gasteiger partial charge >= 0.3 is 0 Å². The number of amides is 1. The highest BCUT2D eigenvalue weighted by Gasteiger charge is 2.24. The summed E-state index contributed by atoms with van der Waals surface area (Å²) in [5, 5.41) is 3.20. The average Bonchev–Trinajstić information content (AvgIpc) is 3.01. The van der Waals surface area contributed by atoms with Crippen molar-refractivity contribution in [2.45, 2.75) is 85.4 Å². The molecule has 3 aliphatic rings. The summed E-state index contributed by atoms with van der Waals surface area (Å²) in [7, 11) is 1.81. The second-order valence-electron chi connectivity index (χ2n) is 8.89. The van der Waals surface area contributed by atoms with E-state index < -0.39 is 0 Å². The maximum atomic E-state index is 14.8. The maximum Gasteiger partial charge on any atom is 0.209 e. The van der Waals surface area contributed by atoms with Gasteiger partial charge in [0.05, 0.1) is 0 Å². The molecule has 222 valence electrons. The van der Waals surface area contributed by atoms with Gasteiger partial charge < -0.3 is 15.1 Å². The Morgan fingerprint density at radius 2 is 1.72 bits per heavy atom. The predicted molar refractivity (Wildman–Crippen MR) is 172 cm³/mol. The Morgan fingerprint density at radius 1 is 1.08 bits per heavy atom. The fourth-order valence-electron chi connectivity index (χ4n) is 4.09. The molecule has 2 fully saturated rings. The Kier molecular flexibility index (Phi) is 22.3. The van der Waals surface area contributed by atoms with Gasteiger partial charge in [0.1, 0.15) is 5.82 Å². The fraction of sp³-hybridized carbons (Fsp3) is 0.594. The zero-order chi connectivity index (χ0) is 29.5. The van der Waals surface area contributed by atoms with E-state index in [1.54, 1.807) is 17.2 Å². The predicted octanol–water partition coefficient (Wildman–Crippen LogP) is 7.81. The molecule has 2 aliphatic heterocycles. The number of halogens is 1. The number of hydrogen-bond donors (Lipinski definition) is 1. The summed E-state index contributed by atoms with van der Waals surface area (Å²) in [4.78, 5) is 14.8. The molecule has 1 N–H and O–H groups in total. The summed E-state index contributed by atoms with van der Waals surface area (Å²) in [5.74, 6) is -0.130. The van der Waals surface area contributed by atoms with Crippen LogP contribution >= 0.6 is 11.9 Å². The lowest BCUT2D eigenvalue weighted by atomic mass is 10.0. The number of rotatable bonds is 6. The molecule has 5 nitrogen and oxygen atoms in total. The Hall–Kier alpha value is -2.25. The largest absolute Gasteiger partial charge is 0.394 e. The minimum absolute atomic E-state index is 0.130. The van der Waals surface area contributed by atoms with Crippen LogP contribution in [0.25, 0.3) is 0 Å². The molecule has 0 radical (unpaired) electrons. The first-order chi connectivity index (χ1) is 19.1. The molecule has 7 heteroatoms. The van der Waals surface area contributed by atoms with Crippen LogP contribution in [0.5, 0.6) is 0 Å². The van der Waals surface area contributed by atoms with E-state index >= 15 is 0 Å². The SMILES string of the molecule is C=CNC.CC.CC.CCC.O=CN1CCN(c2ccc(CN3CCCC(C4=CCCC=C4)S3)c(F)c2)CC1. The zero-order valence-corrected chi connectivity index (χ0v) is 26.5. The molecule has 39 heavy (non-hydrogen) atoms. The average molecular weight is 563 g/mol. The Bertz CT molecular complexity index is 837. The van der Waals surface area contributed by atoms with Gasteiger partial charge in [-0.25, -0.2) is 8.70 Å². The van der Waals surface area contributed by atoms with Crippen LogP contribution in [0, 0.1) is 5.82 Å². The monoisotopic (exact) mass is 562 g/mol. The van der Waals surface area contributed by atoms with Crippen LogP contribution in [-0.4, -0.2) is 60.6 Å². The lowest BCUT2D eigenvalue weighted by Crippen LogP contribution is -2.45. The van der Waals surface area contributed by atoms with Crippen LogP contribution in [-0.2, 0) is 11.3 Å². The summed E-state index contributed by atoms with van der Waals surface area (Å²) in [6.07, 6.45) is 15.3. The molecule has 0 saturated carbocycles. The highest BCUT2D eigenvalue weighted by Crippen LogP contribution is 2.35. The van der Waals surface area contributed by atoms with E-state index in [0.717, 1.165) is 56.6 Å². The third kappa shape index (κ3) is 14.1. The van der Waals surface area contributed by atoms with E-state index in [2.05, 4.69) is 53.2 Å². The molecule has 0 spiro atoms. The normalized spacial score (nSPS) is 18.3. The van der Waals surface area contributed by atoms with Gasteiger partial charge in [-0.2, -0.15) is 0 Å². The van der Waals surface area contributed by atoms with Crippen molar-refractivity contribution < 1.29 is 9.18 Å². The fourth-order valence-corrected chi connectivity index (χ4v) is 5.47. The standard InChI is InChI=1S/C22H28FN3OS.C3H7N.C3H8.2C2H6/c23-21-15-20(25-13-11-24(17-27)12-14-25)9-8-19(21)16-26-10-4-7-22(28-26)18-5-2-1-3-6-18;1-3-4-2;1-3-2;2*1-2/h2,5-6,8-9,15,17,22H,1,3-4,7,10-14,16H2;3-4H,1H2,2H3;3H2,1-2H3;2*1-2H3. The third-order valence-electron chi connectivity index (χ3n) is 5.96. The van der Waals surface area contributed by atoms with Crippen molar-refractivity contribution >= 4 is 24.0 Å². The van der Waals surface area contributed by atoms with Gasteiger partial charge in [-0.05, 0) is 49.6 Å². The van der Waals surface area contributed by atoms with Crippen molar-refractivity contribution in [2.75, 3.05) is 44.7 Å². The number of hydrogen-bond acceptors (Lipinski definition) is 5. The first kappa shape index (κ1) is 36.8. The van der Waals surface area contributed by atoms with Crippen molar-refractivity contribution in [3.05, 3.63) is 66.2 Å². The van der Waals surface area contributed by atoms with E-state index in [0.29, 0.717) is 24.9 Å². The van der Waals surface area contributed by atoms with E-state index in [4.69, 9.17) is 0 Å². The van der Waals surface area contributed by atoms with Crippen LogP contribution < -0.4 is 10.2 Å². The van der Waals surface area contributed by atoms with Gasteiger partial charge in [-0.1, -0.05) is 90.8 Å². The molecule has 2 heterocycles. The van der Waals surface area contributed by atoms with E-state index in [-0.39, 0.29) is 5.82 Å². The lowest BCUT2D eigenvalue weighted by Gasteiger charge is -2.34. The van der Waals surface area contributed by atoms with Crippen LogP contribution in [0.4, 0.5) is 10.1 Å². The molecule has 1 unspecified atom stereocenters. The summed E-state index contributed by atoms with van der Waals surface area (Å²) in [5.41, 5.74) is 3.11. The van der Waals surface area contributed by atoms with Gasteiger partial charge in [0, 0.05) is 62.8 Å². The topological polar surface area (TPSA) is 38.8 Å². The summed E-state index contributed by atoms with van der Waals surface area (Å²) in [6.45, 7) is 20.2. The first-order valence-corrected chi connectivity index (χ1v) is 15.7. The van der Waals surface area contributed by atoms with E-state index in [9.17, 15) is 9.18 Å². The highest BCUT2D eigenvalue weighted by molar-refractivity contribution is 7.97. The lowest BCUT2D eigenvalue weighted by molar-refractivity contribution is -0.118. The number of nitrogens with one attached hydrogen (secondary N) is 1. The maximum absolute atomic E-state index is 14.8. The molecule has 4 rings (SSSR count). The minimum Gasteiger partial charge on any atom is -0.394 e. The first-order valence-electron chi connectivity index (χ1n) is 14.8. The minimum atomic E-state index is -0.130.